The van der Waals surface area contributed by atoms with Crippen molar-refractivity contribution in [2.24, 2.45) is 5.73 Å². The summed E-state index contributed by atoms with van der Waals surface area (Å²) >= 11 is 0. The first-order valence-electron chi connectivity index (χ1n) is 6.50. The van der Waals surface area contributed by atoms with Crippen LogP contribution in [0.15, 0.2) is 73.0 Å². The van der Waals surface area contributed by atoms with Gasteiger partial charge in [-0.05, 0) is 47.9 Å². The van der Waals surface area contributed by atoms with Crippen molar-refractivity contribution in [3.05, 3.63) is 84.1 Å². The van der Waals surface area contributed by atoms with E-state index in [1.807, 2.05) is 18.2 Å². The van der Waals surface area contributed by atoms with Crippen LogP contribution in [-0.2, 0) is 6.42 Å². The Balaban J connectivity index is 2.28. The number of hydrogen-bond donors (Lipinski definition) is 1. The first-order chi connectivity index (χ1) is 9.33. The van der Waals surface area contributed by atoms with Crippen molar-refractivity contribution in [1.29, 1.82) is 0 Å². The summed E-state index contributed by atoms with van der Waals surface area (Å²) in [6.07, 6.45) is 8.42. The van der Waals surface area contributed by atoms with E-state index in [0.29, 0.717) is 0 Å². The lowest BCUT2D eigenvalue weighted by molar-refractivity contribution is 1.21. The summed E-state index contributed by atoms with van der Waals surface area (Å²) in [5.74, 6) is 0. The van der Waals surface area contributed by atoms with Crippen molar-refractivity contribution in [3.8, 4) is 11.1 Å². The van der Waals surface area contributed by atoms with E-state index in [1.54, 1.807) is 6.20 Å². The summed E-state index contributed by atoms with van der Waals surface area (Å²) < 4.78 is 0. The van der Waals surface area contributed by atoms with E-state index < -0.39 is 0 Å². The lowest BCUT2D eigenvalue weighted by Gasteiger charge is -2.10. The second-order valence-electron chi connectivity index (χ2n) is 4.47. The molecule has 0 saturated heterocycles. The highest BCUT2D eigenvalue weighted by atomic mass is 14.5. The normalized spacial score (nSPS) is 11.4. The maximum Gasteiger partial charge on any atom is -0.00625 e. The Morgan fingerprint density at radius 2 is 1.74 bits per heavy atom. The van der Waals surface area contributed by atoms with Gasteiger partial charge in [-0.25, -0.2) is 0 Å². The number of hydrogen-bond acceptors (Lipinski definition) is 1. The second kappa shape index (κ2) is 6.60. The number of nitrogens with two attached hydrogens (primary N) is 1. The van der Waals surface area contributed by atoms with Crippen LogP contribution in [0.3, 0.4) is 0 Å². The Bertz CT molecular complexity index is 580. The first-order valence-corrected chi connectivity index (χ1v) is 6.50. The van der Waals surface area contributed by atoms with Gasteiger partial charge in [0.2, 0.25) is 0 Å². The van der Waals surface area contributed by atoms with E-state index in [2.05, 4.69) is 55.5 Å². The van der Waals surface area contributed by atoms with Crippen molar-refractivity contribution in [3.63, 3.8) is 0 Å². The molecule has 0 unspecified atom stereocenters. The molecular formula is C18H19N. The average molecular weight is 249 g/mol. The van der Waals surface area contributed by atoms with Crippen molar-refractivity contribution in [2.75, 3.05) is 0 Å². The average Bonchev–Trinajstić information content (AvgIpc) is 2.46. The molecule has 0 spiro atoms. The molecule has 0 aliphatic carbocycles. The van der Waals surface area contributed by atoms with Gasteiger partial charge in [0.1, 0.15) is 0 Å². The van der Waals surface area contributed by atoms with Crippen LogP contribution in [-0.4, -0.2) is 0 Å². The Morgan fingerprint density at radius 3 is 2.47 bits per heavy atom. The monoisotopic (exact) mass is 249 g/mol. The van der Waals surface area contributed by atoms with Gasteiger partial charge in [-0.3, -0.25) is 0 Å². The molecule has 0 heterocycles. The lowest BCUT2D eigenvalue weighted by Crippen LogP contribution is -1.91. The van der Waals surface area contributed by atoms with E-state index in [0.717, 1.165) is 6.42 Å². The molecule has 19 heavy (non-hydrogen) atoms. The van der Waals surface area contributed by atoms with Crippen LogP contribution in [0.5, 0.6) is 0 Å². The predicted octanol–water partition coefficient (Wildman–Crippen LogP) is 4.23. The number of benzene rings is 2. The number of allylic oxidation sites excluding steroid dienone is 3. The largest absolute Gasteiger partial charge is 0.405 e. The van der Waals surface area contributed by atoms with Gasteiger partial charge >= 0.3 is 0 Å². The fourth-order valence-electron chi connectivity index (χ4n) is 2.17. The van der Waals surface area contributed by atoms with Gasteiger partial charge in [0.15, 0.2) is 0 Å². The molecule has 2 aromatic rings. The third-order valence-electron chi connectivity index (χ3n) is 3.23. The Kier molecular flexibility index (Phi) is 4.57. The van der Waals surface area contributed by atoms with Crippen LogP contribution in [0.1, 0.15) is 11.1 Å². The molecule has 0 saturated carbocycles. The Labute approximate surface area is 115 Å². The molecule has 1 nitrogen and oxygen atoms in total. The quantitative estimate of drug-likeness (QED) is 0.806. The van der Waals surface area contributed by atoms with Gasteiger partial charge in [0, 0.05) is 0 Å². The fourth-order valence-corrected chi connectivity index (χ4v) is 2.17. The smallest absolute Gasteiger partial charge is 0.00625 e. The second-order valence-corrected chi connectivity index (χ2v) is 4.47. The summed E-state index contributed by atoms with van der Waals surface area (Å²) in [5, 5.41) is 0. The lowest BCUT2D eigenvalue weighted by atomic mass is 9.95. The molecule has 0 bridgehead atoms. The summed E-state index contributed by atoms with van der Waals surface area (Å²) in [4.78, 5) is 0. The zero-order chi connectivity index (χ0) is 13.5. The zero-order valence-corrected chi connectivity index (χ0v) is 11.2. The molecule has 0 atom stereocenters. The Hall–Kier alpha value is -2.28. The minimum atomic E-state index is 0.927. The predicted molar refractivity (Wildman–Crippen MR) is 82.8 cm³/mol. The molecule has 2 aromatic carbocycles. The SMILES string of the molecule is Cc1c(C/C=C\C=C/N)cccc1-c1ccccc1. The molecule has 1 heteroatoms. The van der Waals surface area contributed by atoms with E-state index in [1.165, 1.54) is 22.3 Å². The summed E-state index contributed by atoms with van der Waals surface area (Å²) in [6.45, 7) is 2.18. The maximum atomic E-state index is 5.31. The summed E-state index contributed by atoms with van der Waals surface area (Å²) in [6, 6.07) is 17.0. The number of rotatable bonds is 4. The van der Waals surface area contributed by atoms with Crippen molar-refractivity contribution in [1.82, 2.24) is 0 Å². The van der Waals surface area contributed by atoms with E-state index in [9.17, 15) is 0 Å². The van der Waals surface area contributed by atoms with Crippen LogP contribution < -0.4 is 5.73 Å². The molecule has 0 amide bonds. The molecule has 0 aromatic heterocycles. The minimum absolute atomic E-state index is 0.927. The van der Waals surface area contributed by atoms with Gasteiger partial charge in [0.25, 0.3) is 0 Å². The van der Waals surface area contributed by atoms with Crippen LogP contribution in [0.25, 0.3) is 11.1 Å². The first kappa shape index (κ1) is 13.2. The van der Waals surface area contributed by atoms with Crippen LogP contribution in [0.2, 0.25) is 0 Å². The molecule has 0 fully saturated rings. The van der Waals surface area contributed by atoms with Crippen LogP contribution in [0.4, 0.5) is 0 Å². The third kappa shape index (κ3) is 3.35. The van der Waals surface area contributed by atoms with Gasteiger partial charge in [-0.15, -0.1) is 0 Å². The Morgan fingerprint density at radius 1 is 0.947 bits per heavy atom. The molecule has 0 radical (unpaired) electrons. The maximum absolute atomic E-state index is 5.31. The highest BCUT2D eigenvalue weighted by Crippen LogP contribution is 2.25. The van der Waals surface area contributed by atoms with Crippen molar-refractivity contribution >= 4 is 0 Å². The zero-order valence-electron chi connectivity index (χ0n) is 11.2. The summed E-state index contributed by atoms with van der Waals surface area (Å²) in [5.41, 5.74) is 10.6. The highest BCUT2D eigenvalue weighted by molar-refractivity contribution is 5.68. The highest BCUT2D eigenvalue weighted by Gasteiger charge is 2.04. The minimum Gasteiger partial charge on any atom is -0.405 e. The van der Waals surface area contributed by atoms with Gasteiger partial charge < -0.3 is 5.73 Å². The molecule has 0 aliphatic rings. The molecule has 0 aliphatic heterocycles. The summed E-state index contributed by atoms with van der Waals surface area (Å²) in [7, 11) is 0. The molecule has 2 N–H and O–H groups in total. The van der Waals surface area contributed by atoms with Crippen molar-refractivity contribution in [2.45, 2.75) is 13.3 Å². The van der Waals surface area contributed by atoms with E-state index in [4.69, 9.17) is 5.73 Å². The fraction of sp³-hybridized carbons (Fsp3) is 0.111. The van der Waals surface area contributed by atoms with E-state index >= 15 is 0 Å². The third-order valence-corrected chi connectivity index (χ3v) is 3.23. The van der Waals surface area contributed by atoms with E-state index in [-0.39, 0.29) is 0 Å². The van der Waals surface area contributed by atoms with Gasteiger partial charge in [0.05, 0.1) is 0 Å². The van der Waals surface area contributed by atoms with Crippen LogP contribution >= 0.6 is 0 Å². The standard InChI is InChI=1S/C18H19N/c1-15-16(9-6-3-7-14-19)12-8-13-18(15)17-10-4-2-5-11-17/h2-8,10-14H,9,19H2,1H3/b6-3-,14-7-. The topological polar surface area (TPSA) is 26.0 Å². The molecule has 96 valence electrons. The van der Waals surface area contributed by atoms with Gasteiger partial charge in [-0.1, -0.05) is 60.7 Å². The van der Waals surface area contributed by atoms with Gasteiger partial charge in [-0.2, -0.15) is 0 Å². The molecular weight excluding hydrogens is 230 g/mol. The van der Waals surface area contributed by atoms with Crippen molar-refractivity contribution < 1.29 is 0 Å². The van der Waals surface area contributed by atoms with Crippen LogP contribution in [0, 0.1) is 6.92 Å². The molecule has 2 rings (SSSR count).